The van der Waals surface area contributed by atoms with E-state index in [2.05, 4.69) is 0 Å². The zero-order chi connectivity index (χ0) is 11.2. The number of hydrogen-bond donors (Lipinski definition) is 1. The molecule has 0 amide bonds. The molecule has 0 radical (unpaired) electrons. The third-order valence-corrected chi connectivity index (χ3v) is 3.33. The van der Waals surface area contributed by atoms with Gasteiger partial charge in [0.15, 0.2) is 0 Å². The smallest absolute Gasteiger partial charge is 0.144 e. The lowest BCUT2D eigenvalue weighted by atomic mass is 9.54. The van der Waals surface area contributed by atoms with Gasteiger partial charge in [-0.05, 0) is 19.3 Å². The zero-order valence-corrected chi connectivity index (χ0v) is 9.98. The molecule has 1 rings (SSSR count). The molecule has 0 aromatic heterocycles. The molecule has 0 aromatic rings. The van der Waals surface area contributed by atoms with Crippen molar-refractivity contribution in [3.8, 4) is 0 Å². The highest BCUT2D eigenvalue weighted by atomic mass is 16.3. The van der Waals surface area contributed by atoms with Crippen molar-refractivity contribution in [2.75, 3.05) is 0 Å². The van der Waals surface area contributed by atoms with E-state index in [0.29, 0.717) is 12.8 Å². The molecule has 0 aromatic carbocycles. The quantitative estimate of drug-likeness (QED) is 0.740. The molecule has 0 saturated heterocycles. The summed E-state index contributed by atoms with van der Waals surface area (Å²) in [6.07, 6.45) is 2.01. The van der Waals surface area contributed by atoms with Crippen LogP contribution in [0.1, 0.15) is 53.9 Å². The predicted molar refractivity (Wildman–Crippen MR) is 57.0 cm³/mol. The second kappa shape index (κ2) is 3.06. The topological polar surface area (TPSA) is 37.3 Å². The molecular formula is C12H22O2. The molecule has 1 fully saturated rings. The van der Waals surface area contributed by atoms with Crippen LogP contribution in [-0.4, -0.2) is 16.5 Å². The van der Waals surface area contributed by atoms with Crippen LogP contribution in [0.4, 0.5) is 0 Å². The summed E-state index contributed by atoms with van der Waals surface area (Å²) < 4.78 is 0. The molecule has 0 atom stereocenters. The Bertz CT molecular complexity index is 242. The van der Waals surface area contributed by atoms with E-state index in [9.17, 15) is 9.90 Å². The van der Waals surface area contributed by atoms with Crippen LogP contribution in [0, 0.1) is 10.8 Å². The van der Waals surface area contributed by atoms with E-state index in [4.69, 9.17) is 0 Å². The lowest BCUT2D eigenvalue weighted by Crippen LogP contribution is -2.56. The minimum atomic E-state index is -0.574. The largest absolute Gasteiger partial charge is 0.390 e. The van der Waals surface area contributed by atoms with Gasteiger partial charge in [-0.15, -0.1) is 0 Å². The van der Waals surface area contributed by atoms with Gasteiger partial charge in [-0.1, -0.05) is 34.6 Å². The van der Waals surface area contributed by atoms with Crippen LogP contribution < -0.4 is 0 Å². The van der Waals surface area contributed by atoms with Crippen LogP contribution in [0.25, 0.3) is 0 Å². The summed E-state index contributed by atoms with van der Waals surface area (Å²) in [5.41, 5.74) is -1.15. The van der Waals surface area contributed by atoms with E-state index in [-0.39, 0.29) is 16.6 Å². The van der Waals surface area contributed by atoms with Crippen LogP contribution in [0.3, 0.4) is 0 Å². The highest BCUT2D eigenvalue weighted by molar-refractivity contribution is 5.90. The second-order valence-corrected chi connectivity index (χ2v) is 6.07. The first-order chi connectivity index (χ1) is 6.13. The fraction of sp³-hybridized carbons (Fsp3) is 0.917. The Kier molecular flexibility index (Phi) is 2.56. The Balaban J connectivity index is 2.70. The summed E-state index contributed by atoms with van der Waals surface area (Å²) in [6.45, 7) is 9.80. The monoisotopic (exact) mass is 198 g/mol. The number of ketones is 1. The molecule has 1 N–H and O–H groups in total. The fourth-order valence-electron chi connectivity index (χ4n) is 2.72. The lowest BCUT2D eigenvalue weighted by molar-refractivity contribution is -0.166. The number of Topliss-reactive ketones (excluding diaryl/α,β-unsaturated/α-hetero) is 1. The van der Waals surface area contributed by atoms with Crippen molar-refractivity contribution in [2.45, 2.75) is 59.5 Å². The molecule has 2 heteroatoms. The van der Waals surface area contributed by atoms with Crippen LogP contribution >= 0.6 is 0 Å². The first kappa shape index (κ1) is 11.7. The average molecular weight is 198 g/mol. The molecule has 0 heterocycles. The highest BCUT2D eigenvalue weighted by Gasteiger charge is 2.55. The van der Waals surface area contributed by atoms with Gasteiger partial charge >= 0.3 is 0 Å². The van der Waals surface area contributed by atoms with Gasteiger partial charge in [0.25, 0.3) is 0 Å². The summed E-state index contributed by atoms with van der Waals surface area (Å²) in [7, 11) is 0. The van der Waals surface area contributed by atoms with E-state index in [1.54, 1.807) is 0 Å². The van der Waals surface area contributed by atoms with Gasteiger partial charge in [-0.2, -0.15) is 0 Å². The van der Waals surface area contributed by atoms with Gasteiger partial charge in [-0.3, -0.25) is 4.79 Å². The molecule has 0 spiro atoms. The predicted octanol–water partition coefficient (Wildman–Crippen LogP) is 2.54. The van der Waals surface area contributed by atoms with E-state index < -0.39 is 5.60 Å². The van der Waals surface area contributed by atoms with E-state index in [0.717, 1.165) is 6.42 Å². The van der Waals surface area contributed by atoms with Gasteiger partial charge in [0, 0.05) is 10.8 Å². The minimum absolute atomic E-state index is 0.281. The maximum atomic E-state index is 12.1. The molecular weight excluding hydrogens is 176 g/mol. The molecule has 1 saturated carbocycles. The maximum Gasteiger partial charge on any atom is 0.144 e. The van der Waals surface area contributed by atoms with Gasteiger partial charge in [0.05, 0.1) is 5.60 Å². The van der Waals surface area contributed by atoms with E-state index >= 15 is 0 Å². The Hall–Kier alpha value is -0.370. The molecule has 0 unspecified atom stereocenters. The van der Waals surface area contributed by atoms with Crippen LogP contribution in [0.2, 0.25) is 0 Å². The Morgan fingerprint density at radius 2 is 1.79 bits per heavy atom. The number of aliphatic hydroxyl groups is 1. The first-order valence-corrected chi connectivity index (χ1v) is 5.40. The number of hydrogen-bond acceptors (Lipinski definition) is 2. The standard InChI is InChI=1S/C12H22O2/c1-6-12(14)7-11(5,8-12)9(13)10(2,3)4/h14H,6-8H2,1-5H3. The number of carbonyl (C=O) groups excluding carboxylic acids is 1. The van der Waals surface area contributed by atoms with E-state index in [1.807, 2.05) is 34.6 Å². The fourth-order valence-corrected chi connectivity index (χ4v) is 2.72. The zero-order valence-electron chi connectivity index (χ0n) is 9.98. The Morgan fingerprint density at radius 3 is 2.07 bits per heavy atom. The molecule has 0 aliphatic heterocycles. The number of carbonyl (C=O) groups is 1. The van der Waals surface area contributed by atoms with Crippen molar-refractivity contribution >= 4 is 5.78 Å². The minimum Gasteiger partial charge on any atom is -0.390 e. The summed E-state index contributed by atoms with van der Waals surface area (Å²) in [6, 6.07) is 0. The Labute approximate surface area is 86.7 Å². The SMILES string of the molecule is CCC1(O)CC(C)(C(=O)C(C)(C)C)C1. The molecule has 0 bridgehead atoms. The van der Waals surface area contributed by atoms with Crippen LogP contribution in [0.5, 0.6) is 0 Å². The first-order valence-electron chi connectivity index (χ1n) is 5.40. The van der Waals surface area contributed by atoms with Gasteiger partial charge in [0.1, 0.15) is 5.78 Å². The van der Waals surface area contributed by atoms with Crippen molar-refractivity contribution in [2.24, 2.45) is 10.8 Å². The third kappa shape index (κ3) is 1.85. The van der Waals surface area contributed by atoms with Crippen LogP contribution in [-0.2, 0) is 4.79 Å². The van der Waals surface area contributed by atoms with Crippen molar-refractivity contribution in [1.29, 1.82) is 0 Å². The molecule has 1 aliphatic rings. The lowest BCUT2D eigenvalue weighted by Gasteiger charge is -2.52. The van der Waals surface area contributed by atoms with Gasteiger partial charge < -0.3 is 5.11 Å². The summed E-state index contributed by atoms with van der Waals surface area (Å²) in [5.74, 6) is 0.281. The Morgan fingerprint density at radius 1 is 1.36 bits per heavy atom. The third-order valence-electron chi connectivity index (χ3n) is 3.33. The summed E-state index contributed by atoms with van der Waals surface area (Å²) >= 11 is 0. The highest BCUT2D eigenvalue weighted by Crippen LogP contribution is 2.52. The van der Waals surface area contributed by atoms with Crippen molar-refractivity contribution in [1.82, 2.24) is 0 Å². The van der Waals surface area contributed by atoms with Gasteiger partial charge in [-0.25, -0.2) is 0 Å². The molecule has 14 heavy (non-hydrogen) atoms. The normalized spacial score (nSPS) is 37.9. The maximum absolute atomic E-state index is 12.1. The molecule has 2 nitrogen and oxygen atoms in total. The van der Waals surface area contributed by atoms with Crippen molar-refractivity contribution < 1.29 is 9.90 Å². The molecule has 1 aliphatic carbocycles. The molecule has 82 valence electrons. The van der Waals surface area contributed by atoms with Crippen molar-refractivity contribution in [3.63, 3.8) is 0 Å². The summed E-state index contributed by atoms with van der Waals surface area (Å²) in [4.78, 5) is 12.1. The number of rotatable bonds is 2. The van der Waals surface area contributed by atoms with Crippen LogP contribution in [0.15, 0.2) is 0 Å². The second-order valence-electron chi connectivity index (χ2n) is 6.07. The summed E-state index contributed by atoms with van der Waals surface area (Å²) in [5, 5.41) is 9.92. The van der Waals surface area contributed by atoms with Gasteiger partial charge in [0.2, 0.25) is 0 Å². The average Bonchev–Trinajstić information content (AvgIpc) is 1.98. The van der Waals surface area contributed by atoms with Crippen molar-refractivity contribution in [3.05, 3.63) is 0 Å². The van der Waals surface area contributed by atoms with E-state index in [1.165, 1.54) is 0 Å².